The number of aryl methyl sites for hydroxylation is 1. The lowest BCUT2D eigenvalue weighted by atomic mass is 10.1. The van der Waals surface area contributed by atoms with Crippen molar-refractivity contribution in [1.82, 2.24) is 5.01 Å². The minimum Gasteiger partial charge on any atom is -0.385 e. The van der Waals surface area contributed by atoms with Gasteiger partial charge in [-0.2, -0.15) is 0 Å². The van der Waals surface area contributed by atoms with Crippen LogP contribution in [0.4, 0.5) is 10.1 Å². The summed E-state index contributed by atoms with van der Waals surface area (Å²) in [6.45, 7) is 3.08. The van der Waals surface area contributed by atoms with Gasteiger partial charge in [0.05, 0.1) is 6.54 Å². The zero-order chi connectivity index (χ0) is 18.1. The van der Waals surface area contributed by atoms with E-state index in [1.807, 2.05) is 30.3 Å². The maximum absolute atomic E-state index is 13.1. The van der Waals surface area contributed by atoms with Crippen LogP contribution < -0.4 is 11.2 Å². The van der Waals surface area contributed by atoms with Crippen LogP contribution in [0.1, 0.15) is 37.3 Å². The summed E-state index contributed by atoms with van der Waals surface area (Å²) < 4.78 is 13.1. The Morgan fingerprint density at radius 1 is 1.12 bits per heavy atom. The molecule has 0 aromatic heterocycles. The number of benzene rings is 2. The Bertz CT molecular complexity index is 673. The van der Waals surface area contributed by atoms with E-state index in [4.69, 9.17) is 5.84 Å². The topological polar surface area (TPSA) is 58.4 Å². The second kappa shape index (κ2) is 9.79. The third kappa shape index (κ3) is 6.55. The summed E-state index contributed by atoms with van der Waals surface area (Å²) in [6.07, 6.45) is 3.32. The van der Waals surface area contributed by atoms with Crippen LogP contribution in [0.2, 0.25) is 0 Å². The molecule has 0 aliphatic carbocycles. The monoisotopic (exact) mass is 343 g/mol. The van der Waals surface area contributed by atoms with Gasteiger partial charge < -0.3 is 5.32 Å². The van der Waals surface area contributed by atoms with Gasteiger partial charge >= 0.3 is 0 Å². The van der Waals surface area contributed by atoms with Crippen molar-refractivity contribution in [3.8, 4) is 0 Å². The molecule has 4 nitrogen and oxygen atoms in total. The van der Waals surface area contributed by atoms with Gasteiger partial charge in [0, 0.05) is 18.7 Å². The molecule has 0 saturated heterocycles. The van der Waals surface area contributed by atoms with Crippen molar-refractivity contribution in [2.75, 3.05) is 11.9 Å². The van der Waals surface area contributed by atoms with E-state index in [2.05, 4.69) is 5.32 Å². The Morgan fingerprint density at radius 2 is 1.88 bits per heavy atom. The van der Waals surface area contributed by atoms with Crippen molar-refractivity contribution in [1.29, 1.82) is 0 Å². The van der Waals surface area contributed by atoms with Crippen LogP contribution in [-0.4, -0.2) is 17.5 Å². The molecular formula is C20H26FN3O. The number of halogens is 1. The number of anilines is 1. The summed E-state index contributed by atoms with van der Waals surface area (Å²) >= 11 is 0. The number of nitrogens with two attached hydrogens (primary N) is 1. The van der Waals surface area contributed by atoms with E-state index in [1.54, 1.807) is 19.1 Å². The molecule has 0 unspecified atom stereocenters. The first-order valence-electron chi connectivity index (χ1n) is 8.71. The van der Waals surface area contributed by atoms with Gasteiger partial charge in [0.2, 0.25) is 5.91 Å². The molecule has 1 amide bonds. The third-order valence-electron chi connectivity index (χ3n) is 4.04. The lowest BCUT2D eigenvalue weighted by Crippen LogP contribution is -2.36. The van der Waals surface area contributed by atoms with Crippen LogP contribution in [0.15, 0.2) is 48.5 Å². The summed E-state index contributed by atoms with van der Waals surface area (Å²) in [5, 5.41) is 4.62. The molecule has 5 heteroatoms. The average Bonchev–Trinajstić information content (AvgIpc) is 2.62. The molecule has 0 bridgehead atoms. The Labute approximate surface area is 148 Å². The number of rotatable bonds is 9. The normalized spacial score (nSPS) is 10.5. The van der Waals surface area contributed by atoms with E-state index in [1.165, 1.54) is 11.1 Å². The summed E-state index contributed by atoms with van der Waals surface area (Å²) in [5.74, 6) is 5.47. The lowest BCUT2D eigenvalue weighted by Gasteiger charge is -2.16. The lowest BCUT2D eigenvalue weighted by molar-refractivity contribution is -0.131. The number of hydrogen-bond donors (Lipinski definition) is 2. The fourth-order valence-electron chi connectivity index (χ4n) is 2.60. The molecule has 0 radical (unpaired) electrons. The SMILES string of the molecule is CCC(=O)N(N)Cc1ccc(NCCCCc2cccc(F)c2)cc1. The van der Waals surface area contributed by atoms with Gasteiger partial charge in [0.1, 0.15) is 5.82 Å². The van der Waals surface area contributed by atoms with Crippen LogP contribution in [0.3, 0.4) is 0 Å². The highest BCUT2D eigenvalue weighted by molar-refractivity contribution is 5.75. The number of carbonyl (C=O) groups is 1. The van der Waals surface area contributed by atoms with Crippen molar-refractivity contribution in [3.63, 3.8) is 0 Å². The first-order valence-corrected chi connectivity index (χ1v) is 8.71. The van der Waals surface area contributed by atoms with Crippen LogP contribution in [0, 0.1) is 5.82 Å². The fourth-order valence-corrected chi connectivity index (χ4v) is 2.60. The predicted molar refractivity (Wildman–Crippen MR) is 99.3 cm³/mol. The molecule has 2 rings (SSSR count). The Hall–Kier alpha value is -2.40. The van der Waals surface area contributed by atoms with E-state index in [-0.39, 0.29) is 11.7 Å². The van der Waals surface area contributed by atoms with E-state index in [0.29, 0.717) is 13.0 Å². The molecule has 3 N–H and O–H groups in total. The van der Waals surface area contributed by atoms with Gasteiger partial charge in [-0.05, 0) is 54.7 Å². The zero-order valence-corrected chi connectivity index (χ0v) is 14.7. The quantitative estimate of drug-likeness (QED) is 0.314. The highest BCUT2D eigenvalue weighted by atomic mass is 19.1. The summed E-state index contributed by atoms with van der Waals surface area (Å²) in [7, 11) is 0. The molecular weight excluding hydrogens is 317 g/mol. The Morgan fingerprint density at radius 3 is 2.56 bits per heavy atom. The minimum atomic E-state index is -0.174. The standard InChI is InChI=1S/C20H26FN3O/c1-2-20(25)24(22)15-17-9-11-19(12-10-17)23-13-4-3-6-16-7-5-8-18(21)14-16/h5,7-12,14,23H,2-4,6,13,15,22H2,1H3. The maximum atomic E-state index is 13.1. The maximum Gasteiger partial charge on any atom is 0.236 e. The van der Waals surface area contributed by atoms with Crippen LogP contribution in [0.5, 0.6) is 0 Å². The van der Waals surface area contributed by atoms with Crippen molar-refractivity contribution < 1.29 is 9.18 Å². The molecule has 0 aliphatic rings. The van der Waals surface area contributed by atoms with E-state index < -0.39 is 0 Å². The number of unbranched alkanes of at least 4 members (excludes halogenated alkanes) is 1. The molecule has 0 fully saturated rings. The van der Waals surface area contributed by atoms with E-state index in [0.717, 1.165) is 42.6 Å². The fraction of sp³-hybridized carbons (Fsp3) is 0.350. The van der Waals surface area contributed by atoms with Gasteiger partial charge in [-0.15, -0.1) is 0 Å². The number of amides is 1. The number of hydrazine groups is 1. The molecule has 2 aromatic carbocycles. The van der Waals surface area contributed by atoms with Gasteiger partial charge in [0.15, 0.2) is 0 Å². The molecule has 2 aromatic rings. The second-order valence-electron chi connectivity index (χ2n) is 6.09. The van der Waals surface area contributed by atoms with Crippen molar-refractivity contribution in [2.24, 2.45) is 5.84 Å². The first kappa shape index (κ1) is 18.9. The van der Waals surface area contributed by atoms with Crippen molar-refractivity contribution in [2.45, 2.75) is 39.2 Å². The average molecular weight is 343 g/mol. The van der Waals surface area contributed by atoms with E-state index in [9.17, 15) is 9.18 Å². The van der Waals surface area contributed by atoms with Crippen molar-refractivity contribution in [3.05, 3.63) is 65.5 Å². The van der Waals surface area contributed by atoms with Gasteiger partial charge in [-0.25, -0.2) is 10.2 Å². The van der Waals surface area contributed by atoms with Crippen LogP contribution in [0.25, 0.3) is 0 Å². The number of nitrogens with zero attached hydrogens (tertiary/aromatic N) is 1. The third-order valence-corrected chi connectivity index (χ3v) is 4.04. The Balaban J connectivity index is 1.68. The summed E-state index contributed by atoms with van der Waals surface area (Å²) in [6, 6.07) is 14.7. The van der Waals surface area contributed by atoms with Gasteiger partial charge in [-0.3, -0.25) is 9.80 Å². The molecule has 25 heavy (non-hydrogen) atoms. The molecule has 0 atom stereocenters. The number of carbonyl (C=O) groups excluding carboxylic acids is 1. The molecule has 0 spiro atoms. The largest absolute Gasteiger partial charge is 0.385 e. The number of nitrogens with one attached hydrogen (secondary N) is 1. The molecule has 134 valence electrons. The molecule has 0 heterocycles. The minimum absolute atomic E-state index is 0.0690. The van der Waals surface area contributed by atoms with Crippen LogP contribution >= 0.6 is 0 Å². The van der Waals surface area contributed by atoms with Crippen LogP contribution in [-0.2, 0) is 17.8 Å². The van der Waals surface area contributed by atoms with E-state index >= 15 is 0 Å². The Kier molecular flexibility index (Phi) is 7.41. The summed E-state index contributed by atoms with van der Waals surface area (Å²) in [5.41, 5.74) is 3.08. The van der Waals surface area contributed by atoms with Crippen molar-refractivity contribution >= 4 is 11.6 Å². The molecule has 0 saturated carbocycles. The highest BCUT2D eigenvalue weighted by Crippen LogP contribution is 2.12. The highest BCUT2D eigenvalue weighted by Gasteiger charge is 2.07. The number of hydrogen-bond acceptors (Lipinski definition) is 3. The molecule has 0 aliphatic heterocycles. The second-order valence-corrected chi connectivity index (χ2v) is 6.09. The zero-order valence-electron chi connectivity index (χ0n) is 14.7. The summed E-state index contributed by atoms with van der Waals surface area (Å²) in [4.78, 5) is 11.5. The smallest absolute Gasteiger partial charge is 0.236 e. The predicted octanol–water partition coefficient (Wildman–Crippen LogP) is 3.87. The van der Waals surface area contributed by atoms with Gasteiger partial charge in [-0.1, -0.05) is 31.2 Å². The van der Waals surface area contributed by atoms with Gasteiger partial charge in [0.25, 0.3) is 0 Å². The first-order chi connectivity index (χ1) is 12.1.